The van der Waals surface area contributed by atoms with E-state index < -0.39 is 0 Å². The third-order valence-corrected chi connectivity index (χ3v) is 1.51. The van der Waals surface area contributed by atoms with Crippen LogP contribution in [-0.4, -0.2) is 10.4 Å². The van der Waals surface area contributed by atoms with Crippen molar-refractivity contribution in [2.24, 2.45) is 0 Å². The minimum atomic E-state index is 0.347. The maximum Gasteiger partial charge on any atom is 0.113 e. The van der Waals surface area contributed by atoms with E-state index in [2.05, 4.69) is 31.9 Å². The van der Waals surface area contributed by atoms with Crippen LogP contribution in [0.3, 0.4) is 0 Å². The molecule has 0 unspecified atom stereocenters. The largest absolute Gasteiger partial charge is 0.511 e. The highest BCUT2D eigenvalue weighted by Gasteiger charge is 1.89. The quantitative estimate of drug-likeness (QED) is 0.542. The van der Waals surface area contributed by atoms with Gasteiger partial charge in [-0.05, 0) is 6.92 Å². The predicted octanol–water partition coefficient (Wildman–Crippen LogP) is 2.57. The fourth-order valence-corrected chi connectivity index (χ4v) is 1.03. The number of alkyl halides is 1. The zero-order valence-electron chi connectivity index (χ0n) is 3.91. The van der Waals surface area contributed by atoms with Gasteiger partial charge in [0, 0.05) is 4.48 Å². The average Bonchev–Trinajstić information content (AvgIpc) is 1.65. The number of rotatable bonds is 1. The fraction of sp³-hybridized carbons (Fsp3) is 0.500. The van der Waals surface area contributed by atoms with Crippen molar-refractivity contribution in [2.45, 2.75) is 6.92 Å². The first-order valence-electron chi connectivity index (χ1n) is 1.78. The van der Waals surface area contributed by atoms with E-state index in [0.717, 1.165) is 4.48 Å². The van der Waals surface area contributed by atoms with Crippen LogP contribution in [0, 0.1) is 0 Å². The maximum absolute atomic E-state index is 8.72. The van der Waals surface area contributed by atoms with Crippen molar-refractivity contribution in [3.63, 3.8) is 0 Å². The number of aliphatic hydroxyl groups is 1. The first-order valence-corrected chi connectivity index (χ1v) is 3.70. The Morgan fingerprint density at radius 3 is 2.14 bits per heavy atom. The molecule has 0 rings (SSSR count). The van der Waals surface area contributed by atoms with Gasteiger partial charge in [-0.25, -0.2) is 0 Å². The molecule has 0 aromatic rings. The summed E-state index contributed by atoms with van der Waals surface area (Å²) < 4.78 is 0.782. The Morgan fingerprint density at radius 2 is 2.14 bits per heavy atom. The van der Waals surface area contributed by atoms with Crippen molar-refractivity contribution in [1.82, 2.24) is 0 Å². The summed E-state index contributed by atoms with van der Waals surface area (Å²) in [6.07, 6.45) is 0. The monoisotopic (exact) mass is 228 g/mol. The zero-order valence-corrected chi connectivity index (χ0v) is 7.08. The molecule has 0 amide bonds. The molecule has 0 bridgehead atoms. The van der Waals surface area contributed by atoms with Gasteiger partial charge in [0.15, 0.2) is 0 Å². The Bertz CT molecular complexity index is 83.7. The minimum absolute atomic E-state index is 0.347. The molecule has 1 nitrogen and oxygen atoms in total. The lowest BCUT2D eigenvalue weighted by Gasteiger charge is -1.90. The van der Waals surface area contributed by atoms with Gasteiger partial charge in [-0.15, -0.1) is 0 Å². The van der Waals surface area contributed by atoms with Gasteiger partial charge in [-0.2, -0.15) is 0 Å². The number of hydrogen-bond donors (Lipinski definition) is 1. The van der Waals surface area contributed by atoms with Crippen molar-refractivity contribution in [2.75, 3.05) is 5.33 Å². The van der Waals surface area contributed by atoms with Crippen LogP contribution in [-0.2, 0) is 0 Å². The van der Waals surface area contributed by atoms with Gasteiger partial charge in [-0.3, -0.25) is 0 Å². The topological polar surface area (TPSA) is 20.2 Å². The second kappa shape index (κ2) is 3.50. The van der Waals surface area contributed by atoms with Crippen molar-refractivity contribution in [3.05, 3.63) is 10.2 Å². The zero-order chi connectivity index (χ0) is 5.86. The predicted molar refractivity (Wildman–Crippen MR) is 38.0 cm³/mol. The second-order valence-electron chi connectivity index (χ2n) is 1.11. The van der Waals surface area contributed by atoms with Gasteiger partial charge in [0.25, 0.3) is 0 Å². The lowest BCUT2D eigenvalue weighted by Crippen LogP contribution is -1.80. The molecule has 0 atom stereocenters. The van der Waals surface area contributed by atoms with Crippen molar-refractivity contribution in [1.29, 1.82) is 0 Å². The lowest BCUT2D eigenvalue weighted by atomic mass is 10.5. The first kappa shape index (κ1) is 7.50. The molecule has 7 heavy (non-hydrogen) atoms. The number of halogens is 2. The van der Waals surface area contributed by atoms with Crippen LogP contribution >= 0.6 is 31.9 Å². The first-order chi connectivity index (χ1) is 3.18. The number of aliphatic hydroxyl groups excluding tert-OH is 1. The summed E-state index contributed by atoms with van der Waals surface area (Å²) in [7, 11) is 0. The van der Waals surface area contributed by atoms with Gasteiger partial charge in [0.05, 0.1) is 5.33 Å². The second-order valence-corrected chi connectivity index (χ2v) is 2.86. The molecule has 0 aliphatic heterocycles. The summed E-state index contributed by atoms with van der Waals surface area (Å²) in [6, 6.07) is 0. The van der Waals surface area contributed by atoms with E-state index in [1.165, 1.54) is 0 Å². The van der Waals surface area contributed by atoms with Gasteiger partial charge >= 0.3 is 0 Å². The number of hydrogen-bond acceptors (Lipinski definition) is 1. The SMILES string of the molecule is C/C(Br)=C(/O)CBr. The highest BCUT2D eigenvalue weighted by atomic mass is 79.9. The highest BCUT2D eigenvalue weighted by Crippen LogP contribution is 2.09. The molecule has 0 aromatic carbocycles. The van der Waals surface area contributed by atoms with Gasteiger partial charge < -0.3 is 5.11 Å². The van der Waals surface area contributed by atoms with Gasteiger partial charge in [0.2, 0.25) is 0 Å². The molecule has 0 heterocycles. The van der Waals surface area contributed by atoms with Crippen LogP contribution in [0.5, 0.6) is 0 Å². The van der Waals surface area contributed by atoms with E-state index >= 15 is 0 Å². The van der Waals surface area contributed by atoms with Crippen LogP contribution in [0.25, 0.3) is 0 Å². The van der Waals surface area contributed by atoms with Crippen LogP contribution < -0.4 is 0 Å². The lowest BCUT2D eigenvalue weighted by molar-refractivity contribution is 0.416. The molecule has 0 saturated carbocycles. The smallest absolute Gasteiger partial charge is 0.113 e. The molecular weight excluding hydrogens is 224 g/mol. The minimum Gasteiger partial charge on any atom is -0.511 e. The summed E-state index contributed by atoms with van der Waals surface area (Å²) >= 11 is 6.18. The summed E-state index contributed by atoms with van der Waals surface area (Å²) in [5.74, 6) is 0.347. The normalized spacial score (nSPS) is 13.6. The molecular formula is C4H6Br2O. The van der Waals surface area contributed by atoms with Gasteiger partial charge in [0.1, 0.15) is 5.76 Å². The van der Waals surface area contributed by atoms with E-state index in [9.17, 15) is 0 Å². The third-order valence-electron chi connectivity index (χ3n) is 0.524. The molecule has 0 radical (unpaired) electrons. The third kappa shape index (κ3) is 3.12. The van der Waals surface area contributed by atoms with Crippen LogP contribution in [0.2, 0.25) is 0 Å². The fourth-order valence-electron chi connectivity index (χ4n) is 0.0921. The van der Waals surface area contributed by atoms with Crippen molar-refractivity contribution < 1.29 is 5.11 Å². The Labute approximate surface area is 59.7 Å². The van der Waals surface area contributed by atoms with E-state index in [0.29, 0.717) is 11.1 Å². The molecule has 42 valence electrons. The standard InChI is InChI=1S/C4H6Br2O/c1-3(6)4(7)2-5/h7H,2H2,1H3/b4-3-. The maximum atomic E-state index is 8.72. The molecule has 1 N–H and O–H groups in total. The molecule has 0 aromatic heterocycles. The summed E-state index contributed by atoms with van der Waals surface area (Å²) in [5.41, 5.74) is 0. The summed E-state index contributed by atoms with van der Waals surface area (Å²) in [6.45, 7) is 1.79. The Balaban J connectivity index is 3.72. The molecule has 0 saturated heterocycles. The van der Waals surface area contributed by atoms with Crippen molar-refractivity contribution in [3.8, 4) is 0 Å². The van der Waals surface area contributed by atoms with E-state index in [1.807, 2.05) is 0 Å². The van der Waals surface area contributed by atoms with Crippen LogP contribution in [0.4, 0.5) is 0 Å². The summed E-state index contributed by atoms with van der Waals surface area (Å²) in [4.78, 5) is 0. The van der Waals surface area contributed by atoms with Crippen LogP contribution in [0.15, 0.2) is 10.2 Å². The van der Waals surface area contributed by atoms with Crippen LogP contribution in [0.1, 0.15) is 6.92 Å². The highest BCUT2D eigenvalue weighted by molar-refractivity contribution is 9.11. The molecule has 0 fully saturated rings. The van der Waals surface area contributed by atoms with E-state index in [4.69, 9.17) is 5.11 Å². The Morgan fingerprint density at radius 1 is 1.71 bits per heavy atom. The number of allylic oxidation sites excluding steroid dienone is 2. The molecule has 0 aliphatic carbocycles. The Hall–Kier alpha value is 0.500. The van der Waals surface area contributed by atoms with E-state index in [1.54, 1.807) is 6.92 Å². The van der Waals surface area contributed by atoms with E-state index in [-0.39, 0.29) is 0 Å². The van der Waals surface area contributed by atoms with Gasteiger partial charge in [-0.1, -0.05) is 31.9 Å². The Kier molecular flexibility index (Phi) is 3.75. The van der Waals surface area contributed by atoms with Crippen molar-refractivity contribution >= 4 is 31.9 Å². The summed E-state index contributed by atoms with van der Waals surface area (Å²) in [5, 5.41) is 9.24. The molecule has 0 aliphatic rings. The molecule has 0 spiro atoms. The molecule has 3 heteroatoms. The average molecular weight is 230 g/mol.